The molecule has 1 aromatic carbocycles. The van der Waals surface area contributed by atoms with Gasteiger partial charge in [0.15, 0.2) is 23.0 Å². The summed E-state index contributed by atoms with van der Waals surface area (Å²) >= 11 is 0. The molecule has 2 radical (unpaired) electrons. The Morgan fingerprint density at radius 2 is 1.87 bits per heavy atom. The van der Waals surface area contributed by atoms with Crippen LogP contribution in [0.2, 0.25) is 0 Å². The van der Waals surface area contributed by atoms with E-state index in [2.05, 4.69) is 15.0 Å². The highest BCUT2D eigenvalue weighted by Gasteiger charge is 2.33. The first-order chi connectivity index (χ1) is 14.5. The summed E-state index contributed by atoms with van der Waals surface area (Å²) in [5.41, 5.74) is 0.512. The highest BCUT2D eigenvalue weighted by Crippen LogP contribution is 2.36. The Hall–Kier alpha value is -3.23. The first kappa shape index (κ1) is 18.8. The van der Waals surface area contributed by atoms with Crippen molar-refractivity contribution in [1.82, 2.24) is 14.6 Å². The highest BCUT2D eigenvalue weighted by atomic mass is 16.6. The molecule has 3 aromatic rings. The molecular formula is C21H21BN4O4. The minimum absolute atomic E-state index is 0.201. The molecule has 1 saturated heterocycles. The fourth-order valence-corrected chi connectivity index (χ4v) is 3.88. The second kappa shape index (κ2) is 7.23. The number of fused-ring (bicyclic) bond motifs is 2. The molecule has 0 aliphatic carbocycles. The van der Waals surface area contributed by atoms with Gasteiger partial charge in [-0.15, -0.1) is 5.10 Å². The number of ether oxygens (including phenoxy) is 3. The van der Waals surface area contributed by atoms with Crippen molar-refractivity contribution in [3.8, 4) is 17.2 Å². The molecule has 0 bridgehead atoms. The maximum absolute atomic E-state index is 12.1. The molecule has 9 heteroatoms. The lowest BCUT2D eigenvalue weighted by atomic mass is 9.73. The molecule has 0 N–H and O–H groups in total. The largest absolute Gasteiger partial charge is 0.497 e. The summed E-state index contributed by atoms with van der Waals surface area (Å²) in [6.45, 7) is 4.37. The minimum Gasteiger partial charge on any atom is -0.497 e. The second-order valence-corrected chi connectivity index (χ2v) is 7.66. The summed E-state index contributed by atoms with van der Waals surface area (Å²) in [7, 11) is 6.55. The standard InChI is InChI=1S/C21H21BN4O4/c1-14-12-18-23-7-4-19(27)26(18)24-20(14)25-8-5-21(22,6-9-25)30-15-2-3-16-17(13-15)29-11-10-28-16/h2-4,7,12-13H,5-6,8-11H2,1H3. The SMILES string of the molecule is [B]C1(Oc2ccc3c(c2)OCCO3)CCN(c2nn3c(=O)ccnc3cc2C)CC1. The van der Waals surface area contributed by atoms with Crippen molar-refractivity contribution in [1.29, 1.82) is 0 Å². The average molecular weight is 404 g/mol. The van der Waals surface area contributed by atoms with Crippen LogP contribution >= 0.6 is 0 Å². The fraction of sp³-hybridized carbons (Fsp3) is 0.381. The van der Waals surface area contributed by atoms with E-state index in [0.717, 1.165) is 17.1 Å². The molecule has 0 unspecified atom stereocenters. The van der Waals surface area contributed by atoms with E-state index >= 15 is 0 Å². The van der Waals surface area contributed by atoms with Crippen LogP contribution in [0, 0.1) is 6.92 Å². The summed E-state index contributed by atoms with van der Waals surface area (Å²) in [4.78, 5) is 18.5. The van der Waals surface area contributed by atoms with Crippen molar-refractivity contribution in [3.63, 3.8) is 0 Å². The van der Waals surface area contributed by atoms with Gasteiger partial charge < -0.3 is 19.1 Å². The number of aromatic nitrogens is 3. The summed E-state index contributed by atoms with van der Waals surface area (Å²) in [6.07, 6.45) is 2.72. The average Bonchev–Trinajstić information content (AvgIpc) is 2.74. The summed E-state index contributed by atoms with van der Waals surface area (Å²) in [5, 5.41) is 4.53. The van der Waals surface area contributed by atoms with Crippen LogP contribution in [0.25, 0.3) is 5.65 Å². The van der Waals surface area contributed by atoms with E-state index in [-0.39, 0.29) is 5.56 Å². The highest BCUT2D eigenvalue weighted by molar-refractivity contribution is 6.14. The fourth-order valence-electron chi connectivity index (χ4n) is 3.88. The van der Waals surface area contributed by atoms with Crippen molar-refractivity contribution >= 4 is 19.3 Å². The maximum atomic E-state index is 12.1. The molecule has 0 saturated carbocycles. The third-order valence-corrected chi connectivity index (χ3v) is 5.49. The van der Waals surface area contributed by atoms with E-state index in [1.165, 1.54) is 16.8 Å². The van der Waals surface area contributed by atoms with E-state index < -0.39 is 5.50 Å². The second-order valence-electron chi connectivity index (χ2n) is 7.66. The number of hydrogen-bond acceptors (Lipinski definition) is 7. The van der Waals surface area contributed by atoms with Gasteiger partial charge in [0.25, 0.3) is 5.56 Å². The Labute approximate surface area is 174 Å². The van der Waals surface area contributed by atoms with Gasteiger partial charge in [0.1, 0.15) is 26.8 Å². The van der Waals surface area contributed by atoms with E-state index in [9.17, 15) is 4.79 Å². The van der Waals surface area contributed by atoms with Crippen LogP contribution in [0.1, 0.15) is 18.4 Å². The molecular weight excluding hydrogens is 383 g/mol. The van der Waals surface area contributed by atoms with Gasteiger partial charge in [0, 0.05) is 31.4 Å². The summed E-state index contributed by atoms with van der Waals surface area (Å²) in [5.74, 6) is 2.82. The molecule has 0 atom stereocenters. The Morgan fingerprint density at radius 3 is 2.67 bits per heavy atom. The van der Waals surface area contributed by atoms with Crippen molar-refractivity contribution in [2.24, 2.45) is 0 Å². The predicted octanol–water partition coefficient (Wildman–Crippen LogP) is 1.71. The molecule has 8 nitrogen and oxygen atoms in total. The van der Waals surface area contributed by atoms with Gasteiger partial charge in [-0.05, 0) is 43.5 Å². The number of benzene rings is 1. The van der Waals surface area contributed by atoms with Crippen LogP contribution in [0.3, 0.4) is 0 Å². The predicted molar refractivity (Wildman–Crippen MR) is 112 cm³/mol. The van der Waals surface area contributed by atoms with Crippen LogP contribution in [0.4, 0.5) is 5.82 Å². The minimum atomic E-state index is -0.788. The zero-order chi connectivity index (χ0) is 20.7. The van der Waals surface area contributed by atoms with Crippen LogP contribution in [-0.4, -0.2) is 54.2 Å². The van der Waals surface area contributed by atoms with Crippen molar-refractivity contribution in [2.45, 2.75) is 25.3 Å². The van der Waals surface area contributed by atoms with Gasteiger partial charge in [-0.25, -0.2) is 4.98 Å². The third kappa shape index (κ3) is 3.44. The number of rotatable bonds is 3. The first-order valence-electron chi connectivity index (χ1n) is 9.99. The molecule has 2 aromatic heterocycles. The summed E-state index contributed by atoms with van der Waals surface area (Å²) < 4.78 is 18.7. The van der Waals surface area contributed by atoms with Gasteiger partial charge >= 0.3 is 0 Å². The molecule has 4 heterocycles. The monoisotopic (exact) mass is 404 g/mol. The van der Waals surface area contributed by atoms with Gasteiger partial charge in [-0.3, -0.25) is 4.79 Å². The van der Waals surface area contributed by atoms with E-state index in [1.54, 1.807) is 0 Å². The molecule has 0 spiro atoms. The van der Waals surface area contributed by atoms with Gasteiger partial charge in [0.2, 0.25) is 0 Å². The maximum Gasteiger partial charge on any atom is 0.274 e. The number of hydrogen-bond donors (Lipinski definition) is 0. The quantitative estimate of drug-likeness (QED) is 0.615. The number of aryl methyl sites for hydroxylation is 1. The number of piperidine rings is 1. The molecule has 2 aliphatic rings. The molecule has 152 valence electrons. The van der Waals surface area contributed by atoms with Gasteiger partial charge in [-0.1, -0.05) is 0 Å². The zero-order valence-electron chi connectivity index (χ0n) is 16.7. The lowest BCUT2D eigenvalue weighted by Gasteiger charge is -2.41. The van der Waals surface area contributed by atoms with Crippen molar-refractivity contribution in [3.05, 3.63) is 52.4 Å². The van der Waals surface area contributed by atoms with E-state index in [4.69, 9.17) is 22.1 Å². The number of nitrogens with zero attached hydrogens (tertiary/aromatic N) is 4. The molecule has 30 heavy (non-hydrogen) atoms. The van der Waals surface area contributed by atoms with E-state index in [1.807, 2.05) is 31.2 Å². The molecule has 2 aliphatic heterocycles. The van der Waals surface area contributed by atoms with Crippen molar-refractivity contribution < 1.29 is 14.2 Å². The van der Waals surface area contributed by atoms with Crippen LogP contribution in [-0.2, 0) is 0 Å². The van der Waals surface area contributed by atoms with E-state index in [0.29, 0.717) is 56.3 Å². The van der Waals surface area contributed by atoms with Crippen molar-refractivity contribution in [2.75, 3.05) is 31.2 Å². The smallest absolute Gasteiger partial charge is 0.274 e. The Balaban J connectivity index is 1.32. The topological polar surface area (TPSA) is 78.2 Å². The van der Waals surface area contributed by atoms with Crippen LogP contribution in [0.5, 0.6) is 17.2 Å². The molecule has 0 amide bonds. The first-order valence-corrected chi connectivity index (χ1v) is 9.99. The van der Waals surface area contributed by atoms with Gasteiger partial charge in [0.05, 0.1) is 5.50 Å². The molecule has 5 rings (SSSR count). The Kier molecular flexibility index (Phi) is 4.53. The van der Waals surface area contributed by atoms with Crippen LogP contribution < -0.4 is 24.7 Å². The summed E-state index contributed by atoms with van der Waals surface area (Å²) in [6, 6.07) is 8.80. The number of anilines is 1. The van der Waals surface area contributed by atoms with Gasteiger partial charge in [-0.2, -0.15) is 4.52 Å². The lowest BCUT2D eigenvalue weighted by Crippen LogP contribution is -2.49. The Morgan fingerprint density at radius 1 is 1.10 bits per heavy atom. The third-order valence-electron chi connectivity index (χ3n) is 5.49. The molecule has 1 fully saturated rings. The Bertz CT molecular complexity index is 1160. The normalized spacial score (nSPS) is 17.7. The lowest BCUT2D eigenvalue weighted by molar-refractivity contribution is 0.124. The zero-order valence-corrected chi connectivity index (χ0v) is 16.7. The van der Waals surface area contributed by atoms with Crippen LogP contribution in [0.15, 0.2) is 41.3 Å².